The average molecular weight is 248 g/mol. The fraction of sp³-hybridized carbons (Fsp3) is 0.900. The van der Waals surface area contributed by atoms with Gasteiger partial charge in [-0.25, -0.2) is 0 Å². The molecule has 0 bridgehead atoms. The van der Waals surface area contributed by atoms with Gasteiger partial charge in [0.1, 0.15) is 0 Å². The summed E-state index contributed by atoms with van der Waals surface area (Å²) in [6, 6.07) is 0. The molecule has 1 aliphatic rings. The van der Waals surface area contributed by atoms with E-state index in [4.69, 9.17) is 0 Å². The predicted molar refractivity (Wildman–Crippen MR) is 58.0 cm³/mol. The van der Waals surface area contributed by atoms with Crippen LogP contribution in [0.5, 0.6) is 0 Å². The first kappa shape index (κ1) is 11.0. The van der Waals surface area contributed by atoms with E-state index in [1.807, 2.05) is 13.8 Å². The maximum atomic E-state index is 11.4. The van der Waals surface area contributed by atoms with Gasteiger partial charge in [-0.2, -0.15) is 0 Å². The van der Waals surface area contributed by atoms with Gasteiger partial charge in [0.05, 0.1) is 4.32 Å². The van der Waals surface area contributed by atoms with Gasteiger partial charge < -0.3 is 5.32 Å². The lowest BCUT2D eigenvalue weighted by atomic mass is 10.2. The SMILES string of the molecule is CC(C)(Br)C(=O)NCCCC1CC1. The van der Waals surface area contributed by atoms with E-state index in [0.717, 1.165) is 18.9 Å². The summed E-state index contributed by atoms with van der Waals surface area (Å²) in [6.45, 7) is 4.55. The smallest absolute Gasteiger partial charge is 0.236 e. The van der Waals surface area contributed by atoms with Crippen LogP contribution in [0.3, 0.4) is 0 Å². The topological polar surface area (TPSA) is 29.1 Å². The Kier molecular flexibility index (Phi) is 3.77. The van der Waals surface area contributed by atoms with Crippen molar-refractivity contribution in [1.29, 1.82) is 0 Å². The number of nitrogens with one attached hydrogen (secondary N) is 1. The summed E-state index contributed by atoms with van der Waals surface area (Å²) in [6.07, 6.45) is 5.21. The molecule has 13 heavy (non-hydrogen) atoms. The molecule has 76 valence electrons. The van der Waals surface area contributed by atoms with Crippen LogP contribution in [0.4, 0.5) is 0 Å². The van der Waals surface area contributed by atoms with Crippen LogP contribution in [0.25, 0.3) is 0 Å². The summed E-state index contributed by atoms with van der Waals surface area (Å²) in [7, 11) is 0. The number of alkyl halides is 1. The normalized spacial score (nSPS) is 17.2. The molecule has 1 saturated carbocycles. The zero-order chi connectivity index (χ0) is 9.90. The van der Waals surface area contributed by atoms with Crippen LogP contribution in [-0.2, 0) is 4.79 Å². The summed E-state index contributed by atoms with van der Waals surface area (Å²) in [5.41, 5.74) is 0. The maximum Gasteiger partial charge on any atom is 0.236 e. The third-order valence-corrected chi connectivity index (χ3v) is 2.67. The van der Waals surface area contributed by atoms with E-state index in [9.17, 15) is 4.79 Å². The van der Waals surface area contributed by atoms with Crippen molar-refractivity contribution in [1.82, 2.24) is 5.32 Å². The lowest BCUT2D eigenvalue weighted by molar-refractivity contribution is -0.122. The highest BCUT2D eigenvalue weighted by Gasteiger charge is 2.23. The van der Waals surface area contributed by atoms with Crippen molar-refractivity contribution in [2.45, 2.75) is 43.9 Å². The number of carbonyl (C=O) groups excluding carboxylic acids is 1. The molecule has 0 radical (unpaired) electrons. The number of halogens is 1. The highest BCUT2D eigenvalue weighted by molar-refractivity contribution is 9.10. The van der Waals surface area contributed by atoms with Crippen LogP contribution in [0, 0.1) is 5.92 Å². The van der Waals surface area contributed by atoms with Crippen LogP contribution in [0.1, 0.15) is 39.5 Å². The minimum Gasteiger partial charge on any atom is -0.355 e. The Morgan fingerprint density at radius 3 is 2.62 bits per heavy atom. The molecule has 1 amide bonds. The standard InChI is InChI=1S/C10H18BrNO/c1-10(2,11)9(13)12-7-3-4-8-5-6-8/h8H,3-7H2,1-2H3,(H,12,13). The molecule has 0 heterocycles. The third kappa shape index (κ3) is 4.65. The molecule has 1 N–H and O–H groups in total. The Labute approximate surface area is 88.6 Å². The predicted octanol–water partition coefficient (Wildman–Crippen LogP) is 2.47. The van der Waals surface area contributed by atoms with E-state index in [0.29, 0.717) is 0 Å². The van der Waals surface area contributed by atoms with E-state index in [-0.39, 0.29) is 5.91 Å². The second-order valence-corrected chi connectivity index (χ2v) is 6.30. The van der Waals surface area contributed by atoms with Crippen LogP contribution in [-0.4, -0.2) is 16.8 Å². The Balaban J connectivity index is 2.00. The summed E-state index contributed by atoms with van der Waals surface area (Å²) >= 11 is 3.33. The molecular weight excluding hydrogens is 230 g/mol. The number of amides is 1. The molecular formula is C10H18BrNO. The second-order valence-electron chi connectivity index (χ2n) is 4.31. The van der Waals surface area contributed by atoms with Gasteiger partial charge in [-0.05, 0) is 32.6 Å². The summed E-state index contributed by atoms with van der Waals surface area (Å²) in [5.74, 6) is 1.05. The molecule has 0 atom stereocenters. The molecule has 0 aromatic carbocycles. The van der Waals surface area contributed by atoms with Gasteiger partial charge in [0.15, 0.2) is 0 Å². The van der Waals surface area contributed by atoms with Crippen molar-refractivity contribution in [2.75, 3.05) is 6.54 Å². The van der Waals surface area contributed by atoms with E-state index in [2.05, 4.69) is 21.2 Å². The lowest BCUT2D eigenvalue weighted by Gasteiger charge is -2.15. The zero-order valence-corrected chi connectivity index (χ0v) is 9.99. The molecule has 2 nitrogen and oxygen atoms in total. The Hall–Kier alpha value is -0.0500. The van der Waals surface area contributed by atoms with Gasteiger partial charge in [0.25, 0.3) is 0 Å². The van der Waals surface area contributed by atoms with Crippen molar-refractivity contribution in [3.8, 4) is 0 Å². The number of rotatable bonds is 5. The third-order valence-electron chi connectivity index (χ3n) is 2.31. The molecule has 1 rings (SSSR count). The molecule has 0 spiro atoms. The van der Waals surface area contributed by atoms with Crippen molar-refractivity contribution < 1.29 is 4.79 Å². The van der Waals surface area contributed by atoms with Crippen molar-refractivity contribution in [3.63, 3.8) is 0 Å². The Morgan fingerprint density at radius 1 is 1.54 bits per heavy atom. The van der Waals surface area contributed by atoms with E-state index >= 15 is 0 Å². The van der Waals surface area contributed by atoms with Gasteiger partial charge in [0, 0.05) is 6.54 Å². The van der Waals surface area contributed by atoms with E-state index in [1.165, 1.54) is 19.3 Å². The van der Waals surface area contributed by atoms with Crippen molar-refractivity contribution in [2.24, 2.45) is 5.92 Å². The molecule has 0 aromatic rings. The zero-order valence-electron chi connectivity index (χ0n) is 8.40. The summed E-state index contributed by atoms with van der Waals surface area (Å²) < 4.78 is -0.424. The largest absolute Gasteiger partial charge is 0.355 e. The summed E-state index contributed by atoms with van der Waals surface area (Å²) in [5, 5.41) is 2.92. The maximum absolute atomic E-state index is 11.4. The van der Waals surface area contributed by atoms with Gasteiger partial charge in [0.2, 0.25) is 5.91 Å². The quantitative estimate of drug-likeness (QED) is 0.587. The molecule has 0 aliphatic heterocycles. The Morgan fingerprint density at radius 2 is 2.15 bits per heavy atom. The molecule has 0 aromatic heterocycles. The van der Waals surface area contributed by atoms with E-state index < -0.39 is 4.32 Å². The molecule has 0 unspecified atom stereocenters. The van der Waals surface area contributed by atoms with Crippen molar-refractivity contribution in [3.05, 3.63) is 0 Å². The fourth-order valence-corrected chi connectivity index (χ4v) is 1.35. The molecule has 1 aliphatic carbocycles. The van der Waals surface area contributed by atoms with E-state index in [1.54, 1.807) is 0 Å². The highest BCUT2D eigenvalue weighted by atomic mass is 79.9. The monoisotopic (exact) mass is 247 g/mol. The van der Waals surface area contributed by atoms with Crippen LogP contribution >= 0.6 is 15.9 Å². The van der Waals surface area contributed by atoms with Crippen LogP contribution < -0.4 is 5.32 Å². The molecule has 0 saturated heterocycles. The fourth-order valence-electron chi connectivity index (χ4n) is 1.21. The highest BCUT2D eigenvalue weighted by Crippen LogP contribution is 2.33. The molecule has 1 fully saturated rings. The van der Waals surface area contributed by atoms with Gasteiger partial charge >= 0.3 is 0 Å². The number of hydrogen-bond acceptors (Lipinski definition) is 1. The van der Waals surface area contributed by atoms with Gasteiger partial charge in [-0.1, -0.05) is 28.8 Å². The minimum atomic E-state index is -0.424. The second kappa shape index (κ2) is 4.45. The van der Waals surface area contributed by atoms with Crippen LogP contribution in [0.2, 0.25) is 0 Å². The Bertz CT molecular complexity index is 182. The lowest BCUT2D eigenvalue weighted by Crippen LogP contribution is -2.37. The van der Waals surface area contributed by atoms with Crippen LogP contribution in [0.15, 0.2) is 0 Å². The van der Waals surface area contributed by atoms with Gasteiger partial charge in [-0.3, -0.25) is 4.79 Å². The minimum absolute atomic E-state index is 0.0864. The summed E-state index contributed by atoms with van der Waals surface area (Å²) in [4.78, 5) is 11.4. The van der Waals surface area contributed by atoms with Gasteiger partial charge in [-0.15, -0.1) is 0 Å². The number of carbonyl (C=O) groups is 1. The van der Waals surface area contributed by atoms with Crippen molar-refractivity contribution >= 4 is 21.8 Å². The molecule has 3 heteroatoms. The average Bonchev–Trinajstić information content (AvgIpc) is 2.79. The first-order valence-electron chi connectivity index (χ1n) is 4.97. The first-order valence-corrected chi connectivity index (χ1v) is 5.76. The first-order chi connectivity index (χ1) is 6.00. The number of hydrogen-bond donors (Lipinski definition) is 1.